The van der Waals surface area contributed by atoms with Gasteiger partial charge in [0.25, 0.3) is 11.2 Å². The first-order valence-electron chi connectivity index (χ1n) is 7.61. The maximum Gasteiger partial charge on any atom is 0.292 e. The highest BCUT2D eigenvalue weighted by Crippen LogP contribution is 2.38. The fraction of sp³-hybridized carbons (Fsp3) is 0.312. The van der Waals surface area contributed by atoms with E-state index in [1.165, 1.54) is 31.2 Å². The summed E-state index contributed by atoms with van der Waals surface area (Å²) in [4.78, 5) is 34.8. The molecule has 1 amide bonds. The van der Waals surface area contributed by atoms with Crippen molar-refractivity contribution in [1.29, 1.82) is 0 Å². The Morgan fingerprint density at radius 3 is 2.71 bits per heavy atom. The lowest BCUT2D eigenvalue weighted by atomic mass is 10.2. The van der Waals surface area contributed by atoms with Crippen molar-refractivity contribution in [1.82, 2.24) is 9.78 Å². The van der Waals surface area contributed by atoms with E-state index >= 15 is 0 Å². The zero-order valence-corrected chi connectivity index (χ0v) is 13.0. The van der Waals surface area contributed by atoms with Gasteiger partial charge >= 0.3 is 0 Å². The number of nitro benzene ring substituents is 1. The van der Waals surface area contributed by atoms with Crippen LogP contribution in [0.3, 0.4) is 0 Å². The summed E-state index contributed by atoms with van der Waals surface area (Å²) >= 11 is 0. The summed E-state index contributed by atoms with van der Waals surface area (Å²) in [6.45, 7) is 1.54. The monoisotopic (exact) mass is 328 g/mol. The number of carbonyl (C=O) groups excluding carboxylic acids is 1. The minimum absolute atomic E-state index is 0.0887. The first-order valence-corrected chi connectivity index (χ1v) is 7.61. The van der Waals surface area contributed by atoms with Gasteiger partial charge < -0.3 is 5.32 Å². The van der Waals surface area contributed by atoms with E-state index < -0.39 is 16.9 Å². The lowest BCUT2D eigenvalue weighted by molar-refractivity contribution is -0.383. The molecular formula is C16H16N4O4. The van der Waals surface area contributed by atoms with Crippen molar-refractivity contribution in [2.75, 3.05) is 5.32 Å². The fourth-order valence-corrected chi connectivity index (χ4v) is 2.40. The van der Waals surface area contributed by atoms with Gasteiger partial charge in [-0.15, -0.1) is 0 Å². The van der Waals surface area contributed by atoms with Gasteiger partial charge in [0, 0.05) is 18.1 Å². The molecule has 1 N–H and O–H groups in total. The number of carbonyl (C=O) groups is 1. The Balaban J connectivity index is 1.84. The molecule has 0 bridgehead atoms. The Bertz CT molecular complexity index is 857. The van der Waals surface area contributed by atoms with E-state index in [-0.39, 0.29) is 16.9 Å². The highest BCUT2D eigenvalue weighted by atomic mass is 16.6. The van der Waals surface area contributed by atoms with Crippen LogP contribution in [0.25, 0.3) is 0 Å². The molecule has 1 heterocycles. The van der Waals surface area contributed by atoms with Crippen LogP contribution in [-0.4, -0.2) is 20.6 Å². The summed E-state index contributed by atoms with van der Waals surface area (Å²) in [5.41, 5.74) is 0.292. The molecule has 8 heteroatoms. The fourth-order valence-electron chi connectivity index (χ4n) is 2.40. The molecule has 1 aliphatic rings. The van der Waals surface area contributed by atoms with E-state index in [0.717, 1.165) is 23.2 Å². The van der Waals surface area contributed by atoms with Crippen LogP contribution in [0.4, 0.5) is 11.4 Å². The third kappa shape index (κ3) is 3.17. The molecule has 1 atom stereocenters. The van der Waals surface area contributed by atoms with Crippen LogP contribution in [0.5, 0.6) is 0 Å². The number of anilines is 1. The van der Waals surface area contributed by atoms with Gasteiger partial charge in [0.2, 0.25) is 5.91 Å². The molecule has 1 aliphatic carbocycles. The summed E-state index contributed by atoms with van der Waals surface area (Å²) in [5, 5.41) is 17.8. The number of nitrogens with one attached hydrogen (secondary N) is 1. The summed E-state index contributed by atoms with van der Waals surface area (Å²) < 4.78 is 1.12. The van der Waals surface area contributed by atoms with E-state index in [9.17, 15) is 19.7 Å². The molecule has 24 heavy (non-hydrogen) atoms. The molecule has 124 valence electrons. The molecule has 3 rings (SSSR count). The molecule has 8 nitrogen and oxygen atoms in total. The largest absolute Gasteiger partial charge is 0.319 e. The number of para-hydroxylation sites is 2. The van der Waals surface area contributed by atoms with E-state index in [1.54, 1.807) is 12.1 Å². The number of nitrogens with zero attached hydrogens (tertiary/aromatic N) is 3. The van der Waals surface area contributed by atoms with Crippen molar-refractivity contribution in [3.63, 3.8) is 0 Å². The van der Waals surface area contributed by atoms with Crippen LogP contribution >= 0.6 is 0 Å². The van der Waals surface area contributed by atoms with Gasteiger partial charge in [-0.25, -0.2) is 4.68 Å². The SMILES string of the molecule is CC(C(=O)Nc1ccccc1[N+](=O)[O-])n1nc(C2CC2)ccc1=O. The van der Waals surface area contributed by atoms with Crippen LogP contribution in [0.1, 0.15) is 37.4 Å². The third-order valence-electron chi connectivity index (χ3n) is 3.95. The van der Waals surface area contributed by atoms with Crippen LogP contribution < -0.4 is 10.9 Å². The highest BCUT2D eigenvalue weighted by molar-refractivity contribution is 5.95. The second-order valence-electron chi connectivity index (χ2n) is 5.75. The van der Waals surface area contributed by atoms with Crippen LogP contribution in [0, 0.1) is 10.1 Å². The Morgan fingerprint density at radius 1 is 1.33 bits per heavy atom. The smallest absolute Gasteiger partial charge is 0.292 e. The number of amides is 1. The predicted octanol–water partition coefficient (Wildman–Crippen LogP) is 2.23. The quantitative estimate of drug-likeness (QED) is 0.669. The first-order chi connectivity index (χ1) is 11.5. The molecule has 1 saturated carbocycles. The van der Waals surface area contributed by atoms with E-state index in [4.69, 9.17) is 0 Å². The first kappa shape index (κ1) is 15.9. The molecule has 1 unspecified atom stereocenters. The average molecular weight is 328 g/mol. The minimum Gasteiger partial charge on any atom is -0.319 e. The molecule has 0 saturated heterocycles. The second-order valence-corrected chi connectivity index (χ2v) is 5.75. The zero-order valence-electron chi connectivity index (χ0n) is 13.0. The molecule has 1 fully saturated rings. The Kier molecular flexibility index (Phi) is 4.11. The third-order valence-corrected chi connectivity index (χ3v) is 3.95. The van der Waals surface area contributed by atoms with Crippen LogP contribution in [0.15, 0.2) is 41.2 Å². The highest BCUT2D eigenvalue weighted by Gasteiger charge is 2.27. The Hall–Kier alpha value is -3.03. The molecule has 1 aromatic heterocycles. The number of hydrogen-bond donors (Lipinski definition) is 1. The lowest BCUT2D eigenvalue weighted by Crippen LogP contribution is -2.33. The summed E-state index contributed by atoms with van der Waals surface area (Å²) in [7, 11) is 0. The van der Waals surface area contributed by atoms with Crippen LogP contribution in [-0.2, 0) is 4.79 Å². The molecule has 1 aromatic carbocycles. The van der Waals surface area contributed by atoms with Gasteiger partial charge in [-0.3, -0.25) is 19.7 Å². The normalized spacial score (nSPS) is 14.9. The Labute approximate surface area is 137 Å². The Morgan fingerprint density at radius 2 is 2.04 bits per heavy atom. The van der Waals surface area contributed by atoms with E-state index in [2.05, 4.69) is 10.4 Å². The summed E-state index contributed by atoms with van der Waals surface area (Å²) in [6, 6.07) is 8.06. The van der Waals surface area contributed by atoms with Crippen molar-refractivity contribution in [2.45, 2.75) is 31.7 Å². The number of hydrogen-bond acceptors (Lipinski definition) is 5. The number of aromatic nitrogens is 2. The van der Waals surface area contributed by atoms with Gasteiger partial charge in [0.1, 0.15) is 11.7 Å². The predicted molar refractivity (Wildman–Crippen MR) is 86.9 cm³/mol. The van der Waals surface area contributed by atoms with E-state index in [0.29, 0.717) is 5.92 Å². The van der Waals surface area contributed by atoms with Gasteiger partial charge in [0.05, 0.1) is 10.6 Å². The maximum absolute atomic E-state index is 12.4. The van der Waals surface area contributed by atoms with Gasteiger partial charge in [0.15, 0.2) is 0 Å². The van der Waals surface area contributed by atoms with Gasteiger partial charge in [-0.05, 0) is 31.9 Å². The number of nitro groups is 1. The number of benzene rings is 1. The number of rotatable bonds is 5. The molecule has 0 aliphatic heterocycles. The van der Waals surface area contributed by atoms with Crippen molar-refractivity contribution in [3.05, 3.63) is 62.6 Å². The molecule has 2 aromatic rings. The second kappa shape index (κ2) is 6.23. The summed E-state index contributed by atoms with van der Waals surface area (Å²) in [5.74, 6) is -0.186. The average Bonchev–Trinajstić information content (AvgIpc) is 3.40. The zero-order chi connectivity index (χ0) is 17.3. The standard InChI is InChI=1S/C16H16N4O4/c1-10(19-15(21)9-8-12(18-19)11-6-7-11)16(22)17-13-4-2-3-5-14(13)20(23)24/h2-5,8-11H,6-7H2,1H3,(H,17,22). The van der Waals surface area contributed by atoms with Crippen LogP contribution in [0.2, 0.25) is 0 Å². The van der Waals surface area contributed by atoms with Gasteiger partial charge in [-0.2, -0.15) is 5.10 Å². The maximum atomic E-state index is 12.4. The van der Waals surface area contributed by atoms with Crippen molar-refractivity contribution in [3.8, 4) is 0 Å². The van der Waals surface area contributed by atoms with Crippen molar-refractivity contribution >= 4 is 17.3 Å². The van der Waals surface area contributed by atoms with E-state index in [1.807, 2.05) is 0 Å². The molecule has 0 radical (unpaired) electrons. The molecule has 0 spiro atoms. The van der Waals surface area contributed by atoms with Gasteiger partial charge in [-0.1, -0.05) is 12.1 Å². The summed E-state index contributed by atoms with van der Waals surface area (Å²) in [6.07, 6.45) is 2.06. The molecular weight excluding hydrogens is 312 g/mol. The topological polar surface area (TPSA) is 107 Å². The van der Waals surface area contributed by atoms with Crippen molar-refractivity contribution < 1.29 is 9.72 Å². The minimum atomic E-state index is -0.879. The lowest BCUT2D eigenvalue weighted by Gasteiger charge is -2.15. The van der Waals surface area contributed by atoms with Crippen molar-refractivity contribution in [2.24, 2.45) is 0 Å².